The van der Waals surface area contributed by atoms with E-state index in [0.717, 1.165) is 19.5 Å². The highest BCUT2D eigenvalue weighted by atomic mass is 16.5. The molecule has 4 nitrogen and oxygen atoms in total. The van der Waals surface area contributed by atoms with Crippen LogP contribution in [-0.4, -0.2) is 56.5 Å². The highest BCUT2D eigenvalue weighted by Crippen LogP contribution is 2.22. The Hall–Kier alpha value is -0.160. The Balaban J connectivity index is 2.40. The van der Waals surface area contributed by atoms with Crippen LogP contribution in [0.3, 0.4) is 0 Å². The fourth-order valence-corrected chi connectivity index (χ4v) is 3.58. The zero-order valence-corrected chi connectivity index (χ0v) is 15.8. The molecule has 138 valence electrons. The topological polar surface area (TPSA) is 47.7 Å². The van der Waals surface area contributed by atoms with E-state index >= 15 is 0 Å². The van der Waals surface area contributed by atoms with Gasteiger partial charge in [0.05, 0.1) is 19.3 Å². The van der Waals surface area contributed by atoms with Crippen LogP contribution in [0.5, 0.6) is 0 Å². The Morgan fingerprint density at radius 1 is 1.04 bits per heavy atom. The number of methoxy groups -OCH3 is 1. The highest BCUT2D eigenvalue weighted by Gasteiger charge is 2.30. The van der Waals surface area contributed by atoms with E-state index in [9.17, 15) is 0 Å². The maximum absolute atomic E-state index is 6.26. The standard InChI is InChI=1S/C19H40N2O2/c1-4-6-7-8-9-11-17(10-5-2)21-13-12-18(20)19(16-21)23-15-14-22-3/h17-19H,4-16,20H2,1-3H3/t17?,18-,19-/m1/s1. The molecule has 0 aromatic rings. The van der Waals surface area contributed by atoms with E-state index in [-0.39, 0.29) is 12.1 Å². The summed E-state index contributed by atoms with van der Waals surface area (Å²) in [6, 6.07) is 0.887. The fraction of sp³-hybridized carbons (Fsp3) is 1.00. The van der Waals surface area contributed by atoms with Crippen molar-refractivity contribution in [2.75, 3.05) is 33.4 Å². The second-order valence-electron chi connectivity index (χ2n) is 6.99. The van der Waals surface area contributed by atoms with Crippen LogP contribution in [0.4, 0.5) is 0 Å². The maximum atomic E-state index is 6.26. The van der Waals surface area contributed by atoms with Crippen molar-refractivity contribution in [1.82, 2.24) is 4.90 Å². The SMILES string of the molecule is CCCCCCCC(CCC)N1CC[C@@H](N)[C@H](OCCOC)C1. The molecular formula is C19H40N2O2. The lowest BCUT2D eigenvalue weighted by Crippen LogP contribution is -2.54. The van der Waals surface area contributed by atoms with Crippen LogP contribution < -0.4 is 5.73 Å². The molecule has 1 fully saturated rings. The smallest absolute Gasteiger partial charge is 0.0854 e. The van der Waals surface area contributed by atoms with Gasteiger partial charge in [-0.1, -0.05) is 52.4 Å². The molecule has 4 heteroatoms. The van der Waals surface area contributed by atoms with Crippen molar-refractivity contribution in [2.24, 2.45) is 5.73 Å². The highest BCUT2D eigenvalue weighted by molar-refractivity contribution is 4.87. The molecule has 0 radical (unpaired) electrons. The molecule has 23 heavy (non-hydrogen) atoms. The van der Waals surface area contributed by atoms with E-state index in [1.165, 1.54) is 51.4 Å². The maximum Gasteiger partial charge on any atom is 0.0854 e. The summed E-state index contributed by atoms with van der Waals surface area (Å²) in [4.78, 5) is 2.64. The normalized spacial score (nSPS) is 24.0. The third-order valence-corrected chi connectivity index (χ3v) is 5.04. The summed E-state index contributed by atoms with van der Waals surface area (Å²) in [5, 5.41) is 0. The van der Waals surface area contributed by atoms with Gasteiger partial charge in [-0.2, -0.15) is 0 Å². The van der Waals surface area contributed by atoms with Crippen LogP contribution in [0.15, 0.2) is 0 Å². The summed E-state index contributed by atoms with van der Waals surface area (Å²) in [7, 11) is 1.71. The van der Waals surface area contributed by atoms with Crippen LogP contribution >= 0.6 is 0 Å². The van der Waals surface area contributed by atoms with E-state index in [4.69, 9.17) is 15.2 Å². The monoisotopic (exact) mass is 328 g/mol. The molecule has 0 saturated carbocycles. The molecule has 3 atom stereocenters. The van der Waals surface area contributed by atoms with Gasteiger partial charge < -0.3 is 15.2 Å². The van der Waals surface area contributed by atoms with Gasteiger partial charge in [0.15, 0.2) is 0 Å². The van der Waals surface area contributed by atoms with E-state index < -0.39 is 0 Å². The molecule has 1 aliphatic heterocycles. The van der Waals surface area contributed by atoms with Gasteiger partial charge in [0.25, 0.3) is 0 Å². The molecule has 0 bridgehead atoms. The van der Waals surface area contributed by atoms with Gasteiger partial charge in [-0.05, 0) is 19.3 Å². The second-order valence-corrected chi connectivity index (χ2v) is 6.99. The largest absolute Gasteiger partial charge is 0.382 e. The summed E-state index contributed by atoms with van der Waals surface area (Å²) in [5.74, 6) is 0. The molecule has 1 unspecified atom stereocenters. The van der Waals surface area contributed by atoms with Crippen molar-refractivity contribution in [3.05, 3.63) is 0 Å². The number of hydrogen-bond donors (Lipinski definition) is 1. The number of hydrogen-bond acceptors (Lipinski definition) is 4. The number of nitrogens with zero attached hydrogens (tertiary/aromatic N) is 1. The van der Waals surface area contributed by atoms with Crippen LogP contribution in [0, 0.1) is 0 Å². The summed E-state index contributed by atoms with van der Waals surface area (Å²) in [5.41, 5.74) is 6.26. The second kappa shape index (κ2) is 13.2. The summed E-state index contributed by atoms with van der Waals surface area (Å²) < 4.78 is 11.0. The molecule has 0 aromatic carbocycles. The number of nitrogens with two attached hydrogens (primary N) is 1. The average Bonchev–Trinajstić information content (AvgIpc) is 2.55. The lowest BCUT2D eigenvalue weighted by Gasteiger charge is -2.41. The fourth-order valence-electron chi connectivity index (χ4n) is 3.58. The lowest BCUT2D eigenvalue weighted by atomic mass is 9.96. The molecule has 2 N–H and O–H groups in total. The van der Waals surface area contributed by atoms with Crippen LogP contribution in [-0.2, 0) is 9.47 Å². The van der Waals surface area contributed by atoms with Gasteiger partial charge >= 0.3 is 0 Å². The first-order chi connectivity index (χ1) is 11.2. The quantitative estimate of drug-likeness (QED) is 0.525. The molecule has 1 heterocycles. The van der Waals surface area contributed by atoms with Crippen molar-refractivity contribution < 1.29 is 9.47 Å². The minimum Gasteiger partial charge on any atom is -0.382 e. The third kappa shape index (κ3) is 8.48. The van der Waals surface area contributed by atoms with Crippen molar-refractivity contribution >= 4 is 0 Å². The van der Waals surface area contributed by atoms with Gasteiger partial charge in [-0.25, -0.2) is 0 Å². The Kier molecular flexibility index (Phi) is 12.0. The van der Waals surface area contributed by atoms with E-state index in [1.54, 1.807) is 7.11 Å². The zero-order chi connectivity index (χ0) is 16.9. The van der Waals surface area contributed by atoms with E-state index in [2.05, 4.69) is 18.7 Å². The van der Waals surface area contributed by atoms with Gasteiger partial charge in [0, 0.05) is 32.3 Å². The van der Waals surface area contributed by atoms with Gasteiger partial charge in [-0.3, -0.25) is 4.90 Å². The van der Waals surface area contributed by atoms with Crippen molar-refractivity contribution in [3.63, 3.8) is 0 Å². The minimum absolute atomic E-state index is 0.165. The molecule has 0 amide bonds. The van der Waals surface area contributed by atoms with Gasteiger partial charge in [-0.15, -0.1) is 0 Å². The van der Waals surface area contributed by atoms with Crippen LogP contribution in [0.2, 0.25) is 0 Å². The van der Waals surface area contributed by atoms with Gasteiger partial charge in [0.1, 0.15) is 0 Å². The Morgan fingerprint density at radius 2 is 1.83 bits per heavy atom. The molecule has 0 aliphatic carbocycles. The summed E-state index contributed by atoms with van der Waals surface area (Å²) in [6.45, 7) is 8.00. The average molecular weight is 329 g/mol. The van der Waals surface area contributed by atoms with Crippen LogP contribution in [0.1, 0.15) is 71.6 Å². The number of piperidine rings is 1. The predicted molar refractivity (Wildman–Crippen MR) is 97.9 cm³/mol. The zero-order valence-electron chi connectivity index (χ0n) is 15.8. The molecular weight excluding hydrogens is 288 g/mol. The van der Waals surface area contributed by atoms with Crippen LogP contribution in [0.25, 0.3) is 0 Å². The minimum atomic E-state index is 0.165. The Labute approximate surface area is 144 Å². The van der Waals surface area contributed by atoms with E-state index in [0.29, 0.717) is 19.3 Å². The molecule has 1 aliphatic rings. The van der Waals surface area contributed by atoms with E-state index in [1.807, 2.05) is 0 Å². The number of unbranched alkanes of at least 4 members (excludes halogenated alkanes) is 4. The molecule has 1 saturated heterocycles. The molecule has 0 aromatic heterocycles. The molecule has 1 rings (SSSR count). The number of ether oxygens (including phenoxy) is 2. The summed E-state index contributed by atoms with van der Waals surface area (Å²) in [6.07, 6.45) is 11.9. The Bertz CT molecular complexity index is 276. The summed E-state index contributed by atoms with van der Waals surface area (Å²) >= 11 is 0. The lowest BCUT2D eigenvalue weighted by molar-refractivity contribution is -0.0418. The molecule has 0 spiro atoms. The first-order valence-electron chi connectivity index (χ1n) is 9.83. The first-order valence-corrected chi connectivity index (χ1v) is 9.83. The van der Waals surface area contributed by atoms with Crippen molar-refractivity contribution in [1.29, 1.82) is 0 Å². The third-order valence-electron chi connectivity index (χ3n) is 5.04. The number of rotatable bonds is 13. The first kappa shape index (κ1) is 20.9. The predicted octanol–water partition coefficient (Wildman–Crippen LogP) is 3.58. The Morgan fingerprint density at radius 3 is 2.52 bits per heavy atom. The van der Waals surface area contributed by atoms with Gasteiger partial charge in [0.2, 0.25) is 0 Å². The van der Waals surface area contributed by atoms with Crippen molar-refractivity contribution in [3.8, 4) is 0 Å². The van der Waals surface area contributed by atoms with Crippen molar-refractivity contribution in [2.45, 2.75) is 89.8 Å². The number of likely N-dealkylation sites (tertiary alicyclic amines) is 1.